The normalized spacial score (nSPS) is 25.4. The molecule has 1 atom stereocenters. The van der Waals surface area contributed by atoms with Crippen molar-refractivity contribution in [2.75, 3.05) is 13.1 Å². The van der Waals surface area contributed by atoms with E-state index in [4.69, 9.17) is 5.73 Å². The predicted octanol–water partition coefficient (Wildman–Crippen LogP) is -0.333. The second-order valence-electron chi connectivity index (χ2n) is 5.58. The van der Waals surface area contributed by atoms with Crippen LogP contribution < -0.4 is 11.3 Å². The number of aromatic amines is 1. The van der Waals surface area contributed by atoms with Gasteiger partial charge in [-0.25, -0.2) is 0 Å². The van der Waals surface area contributed by atoms with Crippen molar-refractivity contribution in [3.63, 3.8) is 0 Å². The summed E-state index contributed by atoms with van der Waals surface area (Å²) in [4.78, 5) is 25.4. The average Bonchev–Trinajstić information content (AvgIpc) is 2.79. The molecular weight excluding hydrogens is 232 g/mol. The van der Waals surface area contributed by atoms with Crippen LogP contribution in [0, 0.1) is 5.41 Å². The summed E-state index contributed by atoms with van der Waals surface area (Å²) in [6, 6.07) is 1.42. The molecule has 98 valence electrons. The van der Waals surface area contributed by atoms with Gasteiger partial charge in [0.15, 0.2) is 0 Å². The fraction of sp³-hybridized carbons (Fsp3) is 0.667. The van der Waals surface area contributed by atoms with Gasteiger partial charge in [0, 0.05) is 37.7 Å². The first-order chi connectivity index (χ1) is 8.52. The van der Waals surface area contributed by atoms with E-state index < -0.39 is 0 Å². The van der Waals surface area contributed by atoms with E-state index in [0.29, 0.717) is 12.2 Å². The average molecular weight is 250 g/mol. The Hall–Kier alpha value is -1.56. The van der Waals surface area contributed by atoms with Gasteiger partial charge in [0.2, 0.25) is 0 Å². The first-order valence-electron chi connectivity index (χ1n) is 6.33. The van der Waals surface area contributed by atoms with Crippen LogP contribution >= 0.6 is 0 Å². The third kappa shape index (κ3) is 1.52. The van der Waals surface area contributed by atoms with Crippen molar-refractivity contribution in [2.45, 2.75) is 25.3 Å². The lowest BCUT2D eigenvalue weighted by atomic mass is 9.66. The number of rotatable bonds is 1. The topological polar surface area (TPSA) is 84.1 Å². The lowest BCUT2D eigenvalue weighted by Crippen LogP contribution is -2.45. The molecule has 1 spiro atoms. The molecule has 0 radical (unpaired) electrons. The smallest absolute Gasteiger partial charge is 0.272 e. The SMILES string of the molecule is Cn1[nH]c(C(=O)N2CC(N)C3(CCC3)C2)cc1=O. The molecule has 1 unspecified atom stereocenters. The molecule has 2 aliphatic rings. The Morgan fingerprint density at radius 3 is 2.72 bits per heavy atom. The van der Waals surface area contributed by atoms with Crippen molar-refractivity contribution in [1.29, 1.82) is 0 Å². The molecule has 2 heterocycles. The number of nitrogens with zero attached hydrogens (tertiary/aromatic N) is 2. The van der Waals surface area contributed by atoms with Gasteiger partial charge in [0.05, 0.1) is 0 Å². The number of hydrogen-bond donors (Lipinski definition) is 2. The highest BCUT2D eigenvalue weighted by molar-refractivity contribution is 5.92. The predicted molar refractivity (Wildman–Crippen MR) is 66.2 cm³/mol. The van der Waals surface area contributed by atoms with Gasteiger partial charge in [-0.3, -0.25) is 19.4 Å². The van der Waals surface area contributed by atoms with Crippen LogP contribution in [-0.2, 0) is 7.05 Å². The van der Waals surface area contributed by atoms with E-state index in [1.54, 1.807) is 11.9 Å². The molecule has 1 aliphatic carbocycles. The summed E-state index contributed by atoms with van der Waals surface area (Å²) >= 11 is 0. The van der Waals surface area contributed by atoms with Gasteiger partial charge in [0.1, 0.15) is 5.69 Å². The first kappa shape index (κ1) is 11.5. The number of nitrogens with one attached hydrogen (secondary N) is 1. The molecule has 18 heavy (non-hydrogen) atoms. The summed E-state index contributed by atoms with van der Waals surface area (Å²) in [6.07, 6.45) is 3.43. The highest BCUT2D eigenvalue weighted by Gasteiger charge is 2.50. The summed E-state index contributed by atoms with van der Waals surface area (Å²) in [5.74, 6) is -0.119. The lowest BCUT2D eigenvalue weighted by Gasteiger charge is -2.41. The Balaban J connectivity index is 1.80. The molecule has 1 saturated carbocycles. The van der Waals surface area contributed by atoms with Gasteiger partial charge in [-0.15, -0.1) is 0 Å². The fourth-order valence-electron chi connectivity index (χ4n) is 3.08. The Labute approximate surface area is 105 Å². The third-order valence-electron chi connectivity index (χ3n) is 4.46. The molecule has 0 aromatic carbocycles. The van der Waals surface area contributed by atoms with Gasteiger partial charge < -0.3 is 10.6 Å². The number of nitrogens with two attached hydrogens (primary N) is 1. The van der Waals surface area contributed by atoms with E-state index in [1.807, 2.05) is 0 Å². The molecule has 1 aliphatic heterocycles. The van der Waals surface area contributed by atoms with Crippen LogP contribution in [0.15, 0.2) is 10.9 Å². The second kappa shape index (κ2) is 3.71. The van der Waals surface area contributed by atoms with Crippen molar-refractivity contribution in [3.8, 4) is 0 Å². The molecule has 2 fully saturated rings. The summed E-state index contributed by atoms with van der Waals surface area (Å²) < 4.78 is 1.31. The van der Waals surface area contributed by atoms with E-state index in [9.17, 15) is 9.59 Å². The van der Waals surface area contributed by atoms with Gasteiger partial charge in [-0.1, -0.05) is 6.42 Å². The zero-order chi connectivity index (χ0) is 12.9. The van der Waals surface area contributed by atoms with Crippen LogP contribution in [0.2, 0.25) is 0 Å². The fourth-order valence-corrected chi connectivity index (χ4v) is 3.08. The van der Waals surface area contributed by atoms with E-state index in [-0.39, 0.29) is 22.9 Å². The Morgan fingerprint density at radius 2 is 2.28 bits per heavy atom. The molecule has 3 N–H and O–H groups in total. The molecule has 6 heteroatoms. The molecule has 3 rings (SSSR count). The van der Waals surface area contributed by atoms with Crippen molar-refractivity contribution in [1.82, 2.24) is 14.7 Å². The Morgan fingerprint density at radius 1 is 1.56 bits per heavy atom. The molecular formula is C12H18N4O2. The minimum Gasteiger partial charge on any atom is -0.335 e. The van der Waals surface area contributed by atoms with E-state index in [1.165, 1.54) is 17.2 Å². The molecule has 1 saturated heterocycles. The summed E-state index contributed by atoms with van der Waals surface area (Å²) in [5, 5.41) is 2.77. The number of hydrogen-bond acceptors (Lipinski definition) is 3. The number of aryl methyl sites for hydroxylation is 1. The van der Waals surface area contributed by atoms with E-state index in [2.05, 4.69) is 5.10 Å². The van der Waals surface area contributed by atoms with Crippen molar-refractivity contribution in [3.05, 3.63) is 22.1 Å². The Bertz CT molecular complexity index is 541. The number of H-pyrrole nitrogens is 1. The maximum atomic E-state index is 12.3. The highest BCUT2D eigenvalue weighted by atomic mass is 16.2. The summed E-state index contributed by atoms with van der Waals surface area (Å²) in [7, 11) is 1.60. The molecule has 0 bridgehead atoms. The lowest BCUT2D eigenvalue weighted by molar-refractivity contribution is 0.0720. The number of amides is 1. The van der Waals surface area contributed by atoms with E-state index in [0.717, 1.165) is 19.4 Å². The molecule has 1 amide bonds. The standard InChI is InChI=1S/C12H18N4O2/c1-15-10(17)5-8(14-15)11(18)16-6-9(13)12(7-16)3-2-4-12/h5,9,14H,2-4,6-7,13H2,1H3. The first-order valence-corrected chi connectivity index (χ1v) is 6.33. The second-order valence-corrected chi connectivity index (χ2v) is 5.58. The zero-order valence-corrected chi connectivity index (χ0v) is 10.5. The van der Waals surface area contributed by atoms with Crippen LogP contribution in [0.3, 0.4) is 0 Å². The maximum absolute atomic E-state index is 12.3. The van der Waals surface area contributed by atoms with Crippen molar-refractivity contribution >= 4 is 5.91 Å². The zero-order valence-electron chi connectivity index (χ0n) is 10.5. The highest BCUT2D eigenvalue weighted by Crippen LogP contribution is 2.47. The van der Waals surface area contributed by atoms with Gasteiger partial charge in [-0.2, -0.15) is 0 Å². The van der Waals surface area contributed by atoms with Gasteiger partial charge in [0.25, 0.3) is 11.5 Å². The number of carbonyl (C=O) groups excluding carboxylic acids is 1. The number of aromatic nitrogens is 2. The molecule has 1 aromatic rings. The van der Waals surface area contributed by atoms with Gasteiger partial charge in [-0.05, 0) is 12.8 Å². The maximum Gasteiger partial charge on any atom is 0.272 e. The largest absolute Gasteiger partial charge is 0.335 e. The van der Waals surface area contributed by atoms with Crippen LogP contribution in [0.1, 0.15) is 29.8 Å². The number of likely N-dealkylation sites (tertiary alicyclic amines) is 1. The van der Waals surface area contributed by atoms with Crippen molar-refractivity contribution < 1.29 is 4.79 Å². The summed E-state index contributed by atoms with van der Waals surface area (Å²) in [5.41, 5.74) is 6.45. The molecule has 1 aromatic heterocycles. The molecule has 6 nitrogen and oxygen atoms in total. The quantitative estimate of drug-likeness (QED) is 0.715. The van der Waals surface area contributed by atoms with Crippen molar-refractivity contribution in [2.24, 2.45) is 18.2 Å². The summed E-state index contributed by atoms with van der Waals surface area (Å²) in [6.45, 7) is 1.32. The van der Waals surface area contributed by atoms with Gasteiger partial charge >= 0.3 is 0 Å². The monoisotopic (exact) mass is 250 g/mol. The van der Waals surface area contributed by atoms with Crippen LogP contribution in [0.25, 0.3) is 0 Å². The minimum absolute atomic E-state index is 0.0747. The van der Waals surface area contributed by atoms with E-state index >= 15 is 0 Å². The van der Waals surface area contributed by atoms with Crippen LogP contribution in [0.4, 0.5) is 0 Å². The van der Waals surface area contributed by atoms with Crippen LogP contribution in [0.5, 0.6) is 0 Å². The van der Waals surface area contributed by atoms with Crippen LogP contribution in [-0.4, -0.2) is 39.7 Å². The Kier molecular flexibility index (Phi) is 2.38. The number of carbonyl (C=O) groups is 1. The third-order valence-corrected chi connectivity index (χ3v) is 4.46. The minimum atomic E-state index is -0.194.